The van der Waals surface area contributed by atoms with Gasteiger partial charge in [-0.15, -0.1) is 0 Å². The molecule has 0 aliphatic heterocycles. The van der Waals surface area contributed by atoms with E-state index in [9.17, 15) is 8.42 Å². The molecule has 2 aromatic rings. The highest BCUT2D eigenvalue weighted by molar-refractivity contribution is 7.89. The molecule has 0 aliphatic rings. The molecule has 130 valence electrons. The number of sulfonamides is 1. The average Bonchev–Trinajstić information content (AvgIpc) is 2.83. The maximum absolute atomic E-state index is 12.4. The molecule has 7 heteroatoms. The Morgan fingerprint density at radius 2 is 1.92 bits per heavy atom. The van der Waals surface area contributed by atoms with Gasteiger partial charge in [-0.25, -0.2) is 0 Å². The number of hydrazone groups is 1. The van der Waals surface area contributed by atoms with Gasteiger partial charge in [0.05, 0.1) is 16.3 Å². The molecule has 0 aliphatic carbocycles. The van der Waals surface area contributed by atoms with Crippen molar-refractivity contribution in [1.82, 2.24) is 14.6 Å². The zero-order valence-corrected chi connectivity index (χ0v) is 15.6. The molecule has 1 heterocycles. The minimum Gasteiger partial charge on any atom is -0.275 e. The molecule has 0 amide bonds. The highest BCUT2D eigenvalue weighted by Crippen LogP contribution is 2.14. The fourth-order valence-electron chi connectivity index (χ4n) is 2.47. The number of hydrogen-bond donors (Lipinski definition) is 1. The highest BCUT2D eigenvalue weighted by Gasteiger charge is 2.14. The minimum absolute atomic E-state index is 0.203. The van der Waals surface area contributed by atoms with Gasteiger partial charge < -0.3 is 0 Å². The SMILES string of the molecule is C/C(=N\NS(=O)(=O)c1ccc(CC(C)C)cc1)c1cn(C)nc1C. The molecule has 0 radical (unpaired) electrons. The summed E-state index contributed by atoms with van der Waals surface area (Å²) in [6.45, 7) is 7.86. The predicted molar refractivity (Wildman–Crippen MR) is 95.5 cm³/mol. The summed E-state index contributed by atoms with van der Waals surface area (Å²) in [6.07, 6.45) is 2.73. The lowest BCUT2D eigenvalue weighted by molar-refractivity contribution is 0.584. The summed E-state index contributed by atoms with van der Waals surface area (Å²) < 4.78 is 26.4. The third kappa shape index (κ3) is 4.44. The first kappa shape index (κ1) is 18.2. The van der Waals surface area contributed by atoms with Crippen LogP contribution in [0.15, 0.2) is 40.5 Å². The number of aromatic nitrogens is 2. The lowest BCUT2D eigenvalue weighted by Crippen LogP contribution is -2.20. The van der Waals surface area contributed by atoms with Gasteiger partial charge in [-0.3, -0.25) is 4.68 Å². The number of benzene rings is 1. The Balaban J connectivity index is 2.16. The monoisotopic (exact) mass is 348 g/mol. The van der Waals surface area contributed by atoms with E-state index in [0.29, 0.717) is 11.6 Å². The molecule has 1 aromatic carbocycles. The maximum atomic E-state index is 12.4. The van der Waals surface area contributed by atoms with Gasteiger partial charge >= 0.3 is 0 Å². The Kier molecular flexibility index (Phi) is 5.43. The summed E-state index contributed by atoms with van der Waals surface area (Å²) in [6, 6.07) is 6.91. The van der Waals surface area contributed by atoms with Crippen LogP contribution in [0.3, 0.4) is 0 Å². The van der Waals surface area contributed by atoms with Crippen LogP contribution in [0.4, 0.5) is 0 Å². The molecule has 1 N–H and O–H groups in total. The van der Waals surface area contributed by atoms with Crippen molar-refractivity contribution in [2.45, 2.75) is 39.0 Å². The third-order valence-electron chi connectivity index (χ3n) is 3.61. The van der Waals surface area contributed by atoms with E-state index < -0.39 is 10.0 Å². The Morgan fingerprint density at radius 1 is 1.29 bits per heavy atom. The Labute approximate surface area is 143 Å². The van der Waals surface area contributed by atoms with Crippen LogP contribution in [0.1, 0.15) is 37.6 Å². The highest BCUT2D eigenvalue weighted by atomic mass is 32.2. The second kappa shape index (κ2) is 7.17. The number of nitrogens with zero attached hydrogens (tertiary/aromatic N) is 3. The average molecular weight is 348 g/mol. The van der Waals surface area contributed by atoms with Crippen molar-refractivity contribution in [3.8, 4) is 0 Å². The van der Waals surface area contributed by atoms with Crippen molar-refractivity contribution in [2.75, 3.05) is 0 Å². The zero-order valence-electron chi connectivity index (χ0n) is 14.7. The Hall–Kier alpha value is -2.15. The number of aryl methyl sites for hydroxylation is 2. The van der Waals surface area contributed by atoms with Crippen molar-refractivity contribution >= 4 is 15.7 Å². The fraction of sp³-hybridized carbons (Fsp3) is 0.412. The molecule has 0 spiro atoms. The van der Waals surface area contributed by atoms with E-state index in [-0.39, 0.29) is 4.90 Å². The molecule has 0 saturated heterocycles. The first-order chi connectivity index (χ1) is 11.2. The van der Waals surface area contributed by atoms with Crippen molar-refractivity contribution in [2.24, 2.45) is 18.1 Å². The molecule has 6 nitrogen and oxygen atoms in total. The van der Waals surface area contributed by atoms with Crippen molar-refractivity contribution in [1.29, 1.82) is 0 Å². The van der Waals surface area contributed by atoms with Crippen LogP contribution >= 0.6 is 0 Å². The van der Waals surface area contributed by atoms with E-state index in [2.05, 4.69) is 28.9 Å². The molecule has 0 saturated carbocycles. The van der Waals surface area contributed by atoms with Crippen molar-refractivity contribution in [3.05, 3.63) is 47.3 Å². The normalized spacial score (nSPS) is 12.7. The molecule has 0 bridgehead atoms. The van der Waals surface area contributed by atoms with E-state index in [1.165, 1.54) is 0 Å². The standard InChI is InChI=1S/C17H24N4O2S/c1-12(2)10-15-6-8-16(9-7-15)24(22,23)20-18-13(3)17-11-21(5)19-14(17)4/h6-9,11-12,20H,10H2,1-5H3/b18-13+. The fourth-order valence-corrected chi connectivity index (χ4v) is 3.33. The van der Waals surface area contributed by atoms with Gasteiger partial charge in [-0.2, -0.15) is 23.4 Å². The summed E-state index contributed by atoms with van der Waals surface area (Å²) in [5.74, 6) is 0.528. The van der Waals surface area contributed by atoms with Gasteiger partial charge in [0, 0.05) is 18.8 Å². The molecule has 0 fully saturated rings. The largest absolute Gasteiger partial charge is 0.276 e. The first-order valence-corrected chi connectivity index (χ1v) is 9.33. The van der Waals surface area contributed by atoms with E-state index in [1.54, 1.807) is 23.7 Å². The van der Waals surface area contributed by atoms with Gasteiger partial charge in [-0.1, -0.05) is 26.0 Å². The molecule has 0 atom stereocenters. The summed E-state index contributed by atoms with van der Waals surface area (Å²) in [5.41, 5.74) is 3.30. The number of hydrogen-bond acceptors (Lipinski definition) is 4. The Bertz CT molecular complexity index is 834. The van der Waals surface area contributed by atoms with Gasteiger partial charge in [-0.05, 0) is 43.9 Å². The lowest BCUT2D eigenvalue weighted by Gasteiger charge is -2.07. The van der Waals surface area contributed by atoms with Crippen LogP contribution in [-0.4, -0.2) is 23.9 Å². The quantitative estimate of drug-likeness (QED) is 0.644. The van der Waals surface area contributed by atoms with Crippen LogP contribution < -0.4 is 4.83 Å². The molecule has 1 aromatic heterocycles. The molecule has 0 unspecified atom stereocenters. The van der Waals surface area contributed by atoms with Gasteiger partial charge in [0.2, 0.25) is 0 Å². The topological polar surface area (TPSA) is 76.3 Å². The second-order valence-corrected chi connectivity index (χ2v) is 8.00. The number of rotatable bonds is 6. The van der Waals surface area contributed by atoms with Crippen molar-refractivity contribution < 1.29 is 8.42 Å². The summed E-state index contributed by atoms with van der Waals surface area (Å²) >= 11 is 0. The zero-order chi connectivity index (χ0) is 17.9. The minimum atomic E-state index is -3.68. The first-order valence-electron chi connectivity index (χ1n) is 7.84. The molecular formula is C17H24N4O2S. The third-order valence-corrected chi connectivity index (χ3v) is 4.84. The molecule has 24 heavy (non-hydrogen) atoms. The predicted octanol–water partition coefficient (Wildman–Crippen LogP) is 2.63. The second-order valence-electron chi connectivity index (χ2n) is 6.34. The Morgan fingerprint density at radius 3 is 2.42 bits per heavy atom. The van der Waals surface area contributed by atoms with Crippen LogP contribution in [0, 0.1) is 12.8 Å². The molecular weight excluding hydrogens is 324 g/mol. The van der Waals surface area contributed by atoms with Crippen LogP contribution in [-0.2, 0) is 23.5 Å². The van der Waals surface area contributed by atoms with Crippen LogP contribution in [0.25, 0.3) is 0 Å². The summed E-state index contributed by atoms with van der Waals surface area (Å²) in [4.78, 5) is 2.50. The van der Waals surface area contributed by atoms with Gasteiger partial charge in [0.25, 0.3) is 10.0 Å². The smallest absolute Gasteiger partial charge is 0.275 e. The maximum Gasteiger partial charge on any atom is 0.276 e. The molecule has 2 rings (SSSR count). The van der Waals surface area contributed by atoms with Gasteiger partial charge in [0.15, 0.2) is 0 Å². The van der Waals surface area contributed by atoms with E-state index >= 15 is 0 Å². The van der Waals surface area contributed by atoms with Crippen molar-refractivity contribution in [3.63, 3.8) is 0 Å². The summed E-state index contributed by atoms with van der Waals surface area (Å²) in [7, 11) is -1.87. The van der Waals surface area contributed by atoms with Gasteiger partial charge in [0.1, 0.15) is 0 Å². The summed E-state index contributed by atoms with van der Waals surface area (Å²) in [5, 5.41) is 8.24. The lowest BCUT2D eigenvalue weighted by atomic mass is 10.0. The van der Waals surface area contributed by atoms with E-state index in [4.69, 9.17) is 0 Å². The van der Waals surface area contributed by atoms with E-state index in [0.717, 1.165) is 23.2 Å². The van der Waals surface area contributed by atoms with Crippen LogP contribution in [0.2, 0.25) is 0 Å². The number of nitrogens with one attached hydrogen (secondary N) is 1. The van der Waals surface area contributed by atoms with Crippen LogP contribution in [0.5, 0.6) is 0 Å². The van der Waals surface area contributed by atoms with E-state index in [1.807, 2.05) is 32.3 Å².